The molecule has 0 aromatic heterocycles. The van der Waals surface area contributed by atoms with E-state index in [1.807, 2.05) is 0 Å². The van der Waals surface area contributed by atoms with E-state index in [4.69, 9.17) is 18.9 Å². The highest BCUT2D eigenvalue weighted by Crippen LogP contribution is 2.51. The molecule has 0 aliphatic heterocycles. The predicted molar refractivity (Wildman–Crippen MR) is 122 cm³/mol. The van der Waals surface area contributed by atoms with Crippen molar-refractivity contribution in [3.8, 4) is 23.0 Å². The molecule has 12 heteroatoms. The Morgan fingerprint density at radius 3 is 1.67 bits per heavy atom. The topological polar surface area (TPSA) is 186 Å². The molecule has 12 nitrogen and oxygen atoms in total. The third kappa shape index (κ3) is 3.49. The number of hydrogen-bond acceptors (Lipinski definition) is 8. The quantitative estimate of drug-likeness (QED) is 0.0998. The zero-order valence-corrected chi connectivity index (χ0v) is 17.7. The lowest BCUT2D eigenvalue weighted by atomic mass is 9.88. The summed E-state index contributed by atoms with van der Waals surface area (Å²) in [6, 6.07) is 12.1. The van der Waals surface area contributed by atoms with Gasteiger partial charge in [0.1, 0.15) is 0 Å². The average Bonchev–Trinajstić information content (AvgIpc) is 2.79. The van der Waals surface area contributed by atoms with Gasteiger partial charge in [-0.25, -0.2) is 19.2 Å². The second-order valence-electron chi connectivity index (χ2n) is 7.43. The smallest absolute Gasteiger partial charge is 0.449 e. The van der Waals surface area contributed by atoms with Crippen LogP contribution in [0.3, 0.4) is 0 Å². The van der Waals surface area contributed by atoms with Crippen LogP contribution in [-0.2, 0) is 0 Å². The summed E-state index contributed by atoms with van der Waals surface area (Å²) in [6.45, 7) is 0. The van der Waals surface area contributed by atoms with Gasteiger partial charge in [-0.1, -0.05) is 36.4 Å². The standard InChI is InChI=1S/C24H12O12/c25-21(26)33-14-7-9-3-1-4-10-13-8-15(34-22(27)28)19(35-23(29)30)12-6-2-5-11(17(12)13)18(16(9)10)20(14)36-24(31)32/h1-8H,(H,25,26)(H,27,28)(H,29,30)(H,31,32). The van der Waals surface area contributed by atoms with E-state index in [0.717, 1.165) is 0 Å². The lowest BCUT2D eigenvalue weighted by molar-refractivity contribution is 0.133. The van der Waals surface area contributed by atoms with Crippen LogP contribution in [0.2, 0.25) is 0 Å². The van der Waals surface area contributed by atoms with Crippen molar-refractivity contribution in [3.05, 3.63) is 48.5 Å². The Labute approximate surface area is 198 Å². The highest BCUT2D eigenvalue weighted by molar-refractivity contribution is 6.35. The minimum atomic E-state index is -1.73. The molecular weight excluding hydrogens is 480 g/mol. The number of fused-ring (bicyclic) bond motifs is 2. The molecule has 0 bridgehead atoms. The van der Waals surface area contributed by atoms with Crippen LogP contribution >= 0.6 is 0 Å². The molecule has 5 aromatic rings. The Balaban J connectivity index is 2.06. The minimum absolute atomic E-state index is 0.136. The fourth-order valence-corrected chi connectivity index (χ4v) is 4.47. The van der Waals surface area contributed by atoms with Crippen LogP contribution in [0.5, 0.6) is 23.0 Å². The maximum atomic E-state index is 11.5. The number of hydrogen-bond donors (Lipinski definition) is 4. The van der Waals surface area contributed by atoms with Crippen molar-refractivity contribution in [3.63, 3.8) is 0 Å². The van der Waals surface area contributed by atoms with Crippen LogP contribution in [0, 0.1) is 0 Å². The van der Waals surface area contributed by atoms with Crippen LogP contribution in [0.1, 0.15) is 0 Å². The van der Waals surface area contributed by atoms with E-state index in [-0.39, 0.29) is 22.3 Å². The first kappa shape index (κ1) is 22.3. The normalized spacial score (nSPS) is 11.1. The molecule has 0 saturated heterocycles. The van der Waals surface area contributed by atoms with Crippen LogP contribution in [0.25, 0.3) is 43.1 Å². The van der Waals surface area contributed by atoms with E-state index >= 15 is 0 Å². The van der Waals surface area contributed by atoms with E-state index in [9.17, 15) is 39.6 Å². The largest absolute Gasteiger partial charge is 0.511 e. The lowest BCUT2D eigenvalue weighted by Gasteiger charge is -2.20. The second kappa shape index (κ2) is 8.06. The van der Waals surface area contributed by atoms with Crippen molar-refractivity contribution in [2.45, 2.75) is 0 Å². The Bertz CT molecular complexity index is 1740. The monoisotopic (exact) mass is 492 g/mol. The van der Waals surface area contributed by atoms with E-state index < -0.39 is 36.1 Å². The van der Waals surface area contributed by atoms with Crippen LogP contribution in [-0.4, -0.2) is 45.0 Å². The number of ether oxygens (including phenoxy) is 4. The van der Waals surface area contributed by atoms with Gasteiger partial charge in [0, 0.05) is 21.5 Å². The highest BCUT2D eigenvalue weighted by Gasteiger charge is 2.26. The molecule has 0 aliphatic carbocycles. The number of carbonyl (C=O) groups is 4. The van der Waals surface area contributed by atoms with Crippen molar-refractivity contribution in [2.24, 2.45) is 0 Å². The van der Waals surface area contributed by atoms with E-state index in [0.29, 0.717) is 32.3 Å². The molecule has 0 spiro atoms. The molecule has 0 unspecified atom stereocenters. The summed E-state index contributed by atoms with van der Waals surface area (Å²) in [6.07, 6.45) is -6.85. The summed E-state index contributed by atoms with van der Waals surface area (Å²) >= 11 is 0. The van der Waals surface area contributed by atoms with Crippen molar-refractivity contribution in [1.29, 1.82) is 0 Å². The van der Waals surface area contributed by atoms with Gasteiger partial charge in [-0.3, -0.25) is 0 Å². The van der Waals surface area contributed by atoms with Crippen molar-refractivity contribution in [1.82, 2.24) is 0 Å². The zero-order chi connectivity index (χ0) is 25.7. The first-order chi connectivity index (χ1) is 17.2. The van der Waals surface area contributed by atoms with Crippen molar-refractivity contribution < 1.29 is 58.6 Å². The third-order valence-corrected chi connectivity index (χ3v) is 5.49. The van der Waals surface area contributed by atoms with Gasteiger partial charge in [0.05, 0.1) is 0 Å². The summed E-state index contributed by atoms with van der Waals surface area (Å²) in [5, 5.41) is 39.9. The molecule has 0 aliphatic rings. The van der Waals surface area contributed by atoms with Gasteiger partial charge in [0.2, 0.25) is 0 Å². The molecule has 0 atom stereocenters. The Hall–Kier alpha value is -5.52. The molecular formula is C24H12O12. The SMILES string of the molecule is O=C(O)Oc1cc2c3cccc4cc(OC(=O)O)c(OC(=O)O)c(c5cccc(c1OC(=O)O)c25)c43. The maximum Gasteiger partial charge on any atom is 0.511 e. The molecule has 0 fully saturated rings. The van der Waals surface area contributed by atoms with Crippen molar-refractivity contribution >= 4 is 67.7 Å². The Morgan fingerprint density at radius 1 is 0.500 bits per heavy atom. The zero-order valence-electron chi connectivity index (χ0n) is 17.7. The fourth-order valence-electron chi connectivity index (χ4n) is 4.47. The molecule has 0 saturated carbocycles. The molecule has 0 amide bonds. The lowest BCUT2D eigenvalue weighted by Crippen LogP contribution is -2.10. The number of benzene rings is 5. The Morgan fingerprint density at radius 2 is 1.03 bits per heavy atom. The molecule has 36 heavy (non-hydrogen) atoms. The van der Waals surface area contributed by atoms with Gasteiger partial charge in [-0.05, 0) is 33.7 Å². The van der Waals surface area contributed by atoms with E-state index in [1.54, 1.807) is 24.3 Å². The van der Waals surface area contributed by atoms with Crippen molar-refractivity contribution in [2.75, 3.05) is 0 Å². The van der Waals surface area contributed by atoms with E-state index in [1.165, 1.54) is 24.3 Å². The third-order valence-electron chi connectivity index (χ3n) is 5.49. The van der Waals surface area contributed by atoms with Gasteiger partial charge in [-0.2, -0.15) is 0 Å². The second-order valence-corrected chi connectivity index (χ2v) is 7.43. The molecule has 5 rings (SSSR count). The van der Waals surface area contributed by atoms with Gasteiger partial charge >= 0.3 is 24.6 Å². The highest BCUT2D eigenvalue weighted by atomic mass is 16.7. The summed E-state index contributed by atoms with van der Waals surface area (Å²) < 4.78 is 19.5. The van der Waals surface area contributed by atoms with Crippen LogP contribution in [0.4, 0.5) is 19.2 Å². The van der Waals surface area contributed by atoms with Crippen LogP contribution < -0.4 is 18.9 Å². The first-order valence-corrected chi connectivity index (χ1v) is 9.99. The van der Waals surface area contributed by atoms with Gasteiger partial charge in [0.15, 0.2) is 23.0 Å². The Kier molecular flexibility index (Phi) is 4.99. The van der Waals surface area contributed by atoms with Gasteiger partial charge in [0.25, 0.3) is 0 Å². The number of rotatable bonds is 4. The van der Waals surface area contributed by atoms with E-state index in [2.05, 4.69) is 0 Å². The molecule has 0 heterocycles. The number of carboxylic acid groups (broad SMARTS) is 4. The van der Waals surface area contributed by atoms with Gasteiger partial charge < -0.3 is 39.4 Å². The predicted octanol–water partition coefficient (Wildman–Crippen LogP) is 5.96. The first-order valence-electron chi connectivity index (χ1n) is 9.99. The fraction of sp³-hybridized carbons (Fsp3) is 0. The summed E-state index contributed by atoms with van der Waals surface area (Å²) in [5.41, 5.74) is 0. The van der Waals surface area contributed by atoms with Gasteiger partial charge in [-0.15, -0.1) is 0 Å². The molecule has 5 aromatic carbocycles. The molecule has 0 radical (unpaired) electrons. The molecule has 180 valence electrons. The summed E-state index contributed by atoms with van der Waals surface area (Å²) in [5.74, 6) is -1.55. The van der Waals surface area contributed by atoms with Crippen LogP contribution in [0.15, 0.2) is 48.5 Å². The maximum absolute atomic E-state index is 11.5. The summed E-state index contributed by atoms with van der Waals surface area (Å²) in [4.78, 5) is 45.6. The molecule has 4 N–H and O–H groups in total. The summed E-state index contributed by atoms with van der Waals surface area (Å²) in [7, 11) is 0. The minimum Gasteiger partial charge on any atom is -0.449 e. The average molecular weight is 492 g/mol.